The number of ether oxygens (including phenoxy) is 1. The van der Waals surface area contributed by atoms with Crippen LogP contribution in [-0.4, -0.2) is 47.6 Å². The summed E-state index contributed by atoms with van der Waals surface area (Å²) in [5.74, 6) is 0.102. The molecule has 0 aromatic heterocycles. The van der Waals surface area contributed by atoms with Crippen molar-refractivity contribution in [2.45, 2.75) is 64.6 Å². The van der Waals surface area contributed by atoms with Crippen molar-refractivity contribution >= 4 is 11.8 Å². The average Bonchev–Trinajstić information content (AvgIpc) is 2.43. The molecule has 2 saturated heterocycles. The summed E-state index contributed by atoms with van der Waals surface area (Å²) in [6.45, 7) is 9.03. The first-order chi connectivity index (χ1) is 9.40. The smallest absolute Gasteiger partial charge is 0.249 e. The Bertz CT molecular complexity index is 391. The minimum atomic E-state index is -0.778. The van der Waals surface area contributed by atoms with E-state index in [1.54, 1.807) is 0 Å². The first-order valence-electron chi connectivity index (χ1n) is 7.63. The molecule has 0 aromatic carbocycles. The quantitative estimate of drug-likeness (QED) is 0.849. The van der Waals surface area contributed by atoms with Gasteiger partial charge in [0.15, 0.2) is 0 Å². The van der Waals surface area contributed by atoms with Crippen molar-refractivity contribution in [2.75, 3.05) is 13.2 Å². The molecule has 1 N–H and O–H groups in total. The van der Waals surface area contributed by atoms with Crippen LogP contribution in [0, 0.1) is 5.92 Å². The lowest BCUT2D eigenvalue weighted by Gasteiger charge is -2.49. The van der Waals surface area contributed by atoms with Gasteiger partial charge in [0.25, 0.3) is 0 Å². The summed E-state index contributed by atoms with van der Waals surface area (Å²) in [4.78, 5) is 27.2. The van der Waals surface area contributed by atoms with Crippen molar-refractivity contribution in [3.05, 3.63) is 0 Å². The van der Waals surface area contributed by atoms with E-state index in [0.29, 0.717) is 13.0 Å². The molecule has 2 fully saturated rings. The number of nitrogens with zero attached hydrogens (tertiary/aromatic N) is 1. The van der Waals surface area contributed by atoms with E-state index in [1.807, 2.05) is 32.6 Å². The molecule has 20 heavy (non-hydrogen) atoms. The molecule has 0 saturated carbocycles. The predicted octanol–water partition coefficient (Wildman–Crippen LogP) is 1.32. The lowest BCUT2D eigenvalue weighted by atomic mass is 9.86. The summed E-state index contributed by atoms with van der Waals surface area (Å²) in [6.07, 6.45) is 2.47. The lowest BCUT2D eigenvalue weighted by molar-refractivity contribution is -0.162. The van der Waals surface area contributed by atoms with Gasteiger partial charge in [-0.3, -0.25) is 9.59 Å². The molecular weight excluding hydrogens is 256 g/mol. The molecule has 5 heteroatoms. The standard InChI is InChI=1S/C15H26N2O3/c1-5-15(4)14(19)17(11-7-6-8-20-9-11)12(10(2)3)13(18)16-15/h10-12H,5-9H2,1-4H3,(H,16,18). The van der Waals surface area contributed by atoms with Crippen LogP contribution in [0.25, 0.3) is 0 Å². The molecule has 2 rings (SSSR count). The van der Waals surface area contributed by atoms with Gasteiger partial charge in [-0.15, -0.1) is 0 Å². The normalized spacial score (nSPS) is 35.4. The highest BCUT2D eigenvalue weighted by molar-refractivity contribution is 5.99. The maximum atomic E-state index is 12.9. The third-order valence-electron chi connectivity index (χ3n) is 4.54. The summed E-state index contributed by atoms with van der Waals surface area (Å²) in [6, 6.07) is -0.352. The van der Waals surface area contributed by atoms with Crippen LogP contribution in [0.15, 0.2) is 0 Å². The topological polar surface area (TPSA) is 58.6 Å². The van der Waals surface area contributed by atoms with Gasteiger partial charge in [0.05, 0.1) is 12.6 Å². The minimum absolute atomic E-state index is 0.0283. The van der Waals surface area contributed by atoms with Gasteiger partial charge in [0.1, 0.15) is 11.6 Å². The molecule has 0 bridgehead atoms. The van der Waals surface area contributed by atoms with Gasteiger partial charge >= 0.3 is 0 Å². The number of piperazine rings is 1. The Labute approximate surface area is 121 Å². The van der Waals surface area contributed by atoms with Crippen molar-refractivity contribution in [3.63, 3.8) is 0 Å². The van der Waals surface area contributed by atoms with Crippen LogP contribution in [0.2, 0.25) is 0 Å². The Hall–Kier alpha value is -1.10. The molecule has 3 atom stereocenters. The van der Waals surface area contributed by atoms with Crippen LogP contribution in [-0.2, 0) is 14.3 Å². The van der Waals surface area contributed by atoms with Crippen molar-refractivity contribution in [2.24, 2.45) is 5.92 Å². The summed E-state index contributed by atoms with van der Waals surface area (Å²) in [5, 5.41) is 2.92. The zero-order chi connectivity index (χ0) is 14.9. The van der Waals surface area contributed by atoms with Crippen molar-refractivity contribution < 1.29 is 14.3 Å². The Morgan fingerprint density at radius 3 is 2.65 bits per heavy atom. The van der Waals surface area contributed by atoms with Crippen LogP contribution >= 0.6 is 0 Å². The van der Waals surface area contributed by atoms with Gasteiger partial charge in [0, 0.05) is 6.61 Å². The molecule has 114 valence electrons. The van der Waals surface area contributed by atoms with E-state index >= 15 is 0 Å². The fourth-order valence-electron chi connectivity index (χ4n) is 3.14. The molecule has 2 aliphatic heterocycles. The Kier molecular flexibility index (Phi) is 4.37. The van der Waals surface area contributed by atoms with Crippen molar-refractivity contribution in [1.29, 1.82) is 0 Å². The number of nitrogens with one attached hydrogen (secondary N) is 1. The molecule has 3 unspecified atom stereocenters. The van der Waals surface area contributed by atoms with E-state index in [-0.39, 0.29) is 29.8 Å². The molecule has 0 aromatic rings. The Morgan fingerprint density at radius 1 is 1.45 bits per heavy atom. The van der Waals surface area contributed by atoms with E-state index in [2.05, 4.69) is 5.32 Å². The fourth-order valence-corrected chi connectivity index (χ4v) is 3.14. The van der Waals surface area contributed by atoms with E-state index in [1.165, 1.54) is 0 Å². The number of carbonyl (C=O) groups excluding carboxylic acids is 2. The zero-order valence-electron chi connectivity index (χ0n) is 12.9. The first-order valence-corrected chi connectivity index (χ1v) is 7.63. The fraction of sp³-hybridized carbons (Fsp3) is 0.867. The summed E-state index contributed by atoms with van der Waals surface area (Å²) < 4.78 is 5.52. The van der Waals surface area contributed by atoms with E-state index < -0.39 is 5.54 Å². The van der Waals surface area contributed by atoms with E-state index in [4.69, 9.17) is 4.74 Å². The van der Waals surface area contributed by atoms with Crippen LogP contribution in [0.1, 0.15) is 47.0 Å². The summed E-state index contributed by atoms with van der Waals surface area (Å²) in [7, 11) is 0. The highest BCUT2D eigenvalue weighted by atomic mass is 16.5. The maximum absolute atomic E-state index is 12.9. The monoisotopic (exact) mass is 282 g/mol. The first kappa shape index (κ1) is 15.3. The molecular formula is C15H26N2O3. The maximum Gasteiger partial charge on any atom is 0.249 e. The molecule has 2 aliphatic rings. The molecule has 0 spiro atoms. The van der Waals surface area contributed by atoms with E-state index in [9.17, 15) is 9.59 Å². The van der Waals surface area contributed by atoms with Gasteiger partial charge < -0.3 is 15.0 Å². The molecule has 2 amide bonds. The highest BCUT2D eigenvalue weighted by Crippen LogP contribution is 2.29. The van der Waals surface area contributed by atoms with Crippen LogP contribution in [0.5, 0.6) is 0 Å². The summed E-state index contributed by atoms with van der Waals surface area (Å²) >= 11 is 0. The number of hydrogen-bond donors (Lipinski definition) is 1. The van der Waals surface area contributed by atoms with Crippen molar-refractivity contribution in [1.82, 2.24) is 10.2 Å². The number of hydrogen-bond acceptors (Lipinski definition) is 3. The van der Waals surface area contributed by atoms with Crippen molar-refractivity contribution in [3.8, 4) is 0 Å². The Morgan fingerprint density at radius 2 is 2.15 bits per heavy atom. The van der Waals surface area contributed by atoms with Crippen LogP contribution in [0.4, 0.5) is 0 Å². The highest BCUT2D eigenvalue weighted by Gasteiger charge is 2.50. The number of amides is 2. The third kappa shape index (κ3) is 2.55. The van der Waals surface area contributed by atoms with Gasteiger partial charge in [-0.1, -0.05) is 20.8 Å². The summed E-state index contributed by atoms with van der Waals surface area (Å²) in [5.41, 5.74) is -0.778. The number of carbonyl (C=O) groups is 2. The largest absolute Gasteiger partial charge is 0.379 e. The molecule has 0 radical (unpaired) electrons. The number of rotatable bonds is 3. The second-order valence-corrected chi connectivity index (χ2v) is 6.45. The minimum Gasteiger partial charge on any atom is -0.379 e. The predicted molar refractivity (Wildman–Crippen MR) is 76.2 cm³/mol. The average molecular weight is 282 g/mol. The second kappa shape index (κ2) is 5.72. The van der Waals surface area contributed by atoms with Crippen LogP contribution in [0.3, 0.4) is 0 Å². The molecule has 0 aliphatic carbocycles. The molecule has 2 heterocycles. The lowest BCUT2D eigenvalue weighted by Crippen LogP contribution is -2.72. The van der Waals surface area contributed by atoms with Gasteiger partial charge in [-0.2, -0.15) is 0 Å². The zero-order valence-corrected chi connectivity index (χ0v) is 12.9. The van der Waals surface area contributed by atoms with Gasteiger partial charge in [0.2, 0.25) is 11.8 Å². The van der Waals surface area contributed by atoms with Gasteiger partial charge in [-0.05, 0) is 32.1 Å². The van der Waals surface area contributed by atoms with Crippen LogP contribution < -0.4 is 5.32 Å². The van der Waals surface area contributed by atoms with Gasteiger partial charge in [-0.25, -0.2) is 0 Å². The molecule has 5 nitrogen and oxygen atoms in total. The third-order valence-corrected chi connectivity index (χ3v) is 4.54. The van der Waals surface area contributed by atoms with E-state index in [0.717, 1.165) is 19.4 Å². The SMILES string of the molecule is CCC1(C)NC(=O)C(C(C)C)N(C2CCCOC2)C1=O. The Balaban J connectivity index is 2.33. The second-order valence-electron chi connectivity index (χ2n) is 6.45.